The molecule has 3 rings (SSSR count). The molecule has 0 N–H and O–H groups in total. The molecule has 110 valence electrons. The molecule has 0 saturated heterocycles. The van der Waals surface area contributed by atoms with Crippen molar-refractivity contribution < 1.29 is 17.9 Å². The van der Waals surface area contributed by atoms with Crippen LogP contribution < -0.4 is 0 Å². The van der Waals surface area contributed by atoms with Crippen LogP contribution in [0.1, 0.15) is 31.2 Å². The molecule has 0 amide bonds. The normalized spacial score (nSPS) is 30.9. The summed E-state index contributed by atoms with van der Waals surface area (Å²) in [4.78, 5) is 0. The number of hydrogen-bond donors (Lipinski definition) is 0. The number of halogens is 5. The molecule has 1 nitrogen and oxygen atoms in total. The fourth-order valence-electron chi connectivity index (χ4n) is 3.00. The van der Waals surface area contributed by atoms with Crippen molar-refractivity contribution in [1.82, 2.24) is 0 Å². The minimum Gasteiger partial charge on any atom is -0.374 e. The standard InChI is InChI=1S/C14H13Br2F3O/c15-14(16)7-13(14)2-1-9(5-13)20-6-8-3-10(17)12(19)11(18)4-8/h3-4,9H,1-2,5-7H2. The van der Waals surface area contributed by atoms with Gasteiger partial charge in [-0.15, -0.1) is 0 Å². The van der Waals surface area contributed by atoms with Crippen LogP contribution in [0.2, 0.25) is 0 Å². The van der Waals surface area contributed by atoms with E-state index in [1.807, 2.05) is 0 Å². The number of benzene rings is 1. The molecule has 0 heterocycles. The van der Waals surface area contributed by atoms with Gasteiger partial charge in [0, 0.05) is 5.41 Å². The largest absolute Gasteiger partial charge is 0.374 e. The van der Waals surface area contributed by atoms with E-state index in [0.717, 1.165) is 37.8 Å². The third-order valence-corrected chi connectivity index (χ3v) is 6.55. The van der Waals surface area contributed by atoms with Crippen molar-refractivity contribution in [2.24, 2.45) is 5.41 Å². The van der Waals surface area contributed by atoms with Crippen molar-refractivity contribution in [2.45, 2.75) is 41.6 Å². The van der Waals surface area contributed by atoms with E-state index in [4.69, 9.17) is 4.74 Å². The monoisotopic (exact) mass is 412 g/mol. The molecule has 1 aromatic carbocycles. The molecule has 2 aliphatic carbocycles. The molecule has 0 aliphatic heterocycles. The fraction of sp³-hybridized carbons (Fsp3) is 0.571. The lowest BCUT2D eigenvalue weighted by Crippen LogP contribution is -2.11. The van der Waals surface area contributed by atoms with Crippen molar-refractivity contribution in [3.63, 3.8) is 0 Å². The molecule has 0 bridgehead atoms. The van der Waals surface area contributed by atoms with E-state index in [-0.39, 0.29) is 21.4 Å². The van der Waals surface area contributed by atoms with Gasteiger partial charge in [-0.1, -0.05) is 31.9 Å². The van der Waals surface area contributed by atoms with Gasteiger partial charge in [0.2, 0.25) is 0 Å². The molecule has 2 aliphatic rings. The first-order valence-electron chi connectivity index (χ1n) is 6.46. The third-order valence-electron chi connectivity index (χ3n) is 4.30. The van der Waals surface area contributed by atoms with Crippen LogP contribution in [0.5, 0.6) is 0 Å². The first kappa shape index (κ1) is 14.9. The highest BCUT2D eigenvalue weighted by Gasteiger charge is 2.67. The molecular formula is C14H13Br2F3O. The van der Waals surface area contributed by atoms with Crippen LogP contribution in [0.25, 0.3) is 0 Å². The molecule has 2 saturated carbocycles. The average molecular weight is 414 g/mol. The third kappa shape index (κ3) is 2.55. The maximum Gasteiger partial charge on any atom is 0.194 e. The Morgan fingerprint density at radius 2 is 1.80 bits per heavy atom. The van der Waals surface area contributed by atoms with Crippen LogP contribution in [0, 0.1) is 22.9 Å². The number of rotatable bonds is 3. The lowest BCUT2D eigenvalue weighted by Gasteiger charge is -2.13. The number of hydrogen-bond acceptors (Lipinski definition) is 1. The summed E-state index contributed by atoms with van der Waals surface area (Å²) in [5.74, 6) is -3.78. The highest BCUT2D eigenvalue weighted by Crippen LogP contribution is 2.73. The molecule has 20 heavy (non-hydrogen) atoms. The van der Waals surface area contributed by atoms with E-state index in [2.05, 4.69) is 31.9 Å². The summed E-state index contributed by atoms with van der Waals surface area (Å²) >= 11 is 7.28. The molecule has 2 fully saturated rings. The molecule has 1 spiro atoms. The second kappa shape index (κ2) is 4.99. The zero-order valence-corrected chi connectivity index (χ0v) is 13.7. The topological polar surface area (TPSA) is 9.23 Å². The van der Waals surface area contributed by atoms with Gasteiger partial charge in [0.1, 0.15) is 0 Å². The van der Waals surface area contributed by atoms with Gasteiger partial charge in [-0.3, -0.25) is 0 Å². The van der Waals surface area contributed by atoms with Gasteiger partial charge in [-0.25, -0.2) is 13.2 Å². The summed E-state index contributed by atoms with van der Waals surface area (Å²) in [7, 11) is 0. The molecule has 0 aromatic heterocycles. The Labute approximate surface area is 132 Å². The lowest BCUT2D eigenvalue weighted by molar-refractivity contribution is 0.0417. The van der Waals surface area contributed by atoms with Gasteiger partial charge in [-0.05, 0) is 43.4 Å². The van der Waals surface area contributed by atoms with Crippen molar-refractivity contribution in [1.29, 1.82) is 0 Å². The maximum absolute atomic E-state index is 13.1. The molecular weight excluding hydrogens is 401 g/mol. The Hall–Kier alpha value is -0.0700. The zero-order chi connectivity index (χ0) is 14.5. The lowest BCUT2D eigenvalue weighted by atomic mass is 10.1. The molecule has 1 aromatic rings. The summed E-state index contributed by atoms with van der Waals surface area (Å²) in [5, 5.41) is 0. The van der Waals surface area contributed by atoms with E-state index in [1.54, 1.807) is 0 Å². The Kier molecular flexibility index (Phi) is 3.70. The highest BCUT2D eigenvalue weighted by atomic mass is 79.9. The summed E-state index contributed by atoms with van der Waals surface area (Å²) < 4.78 is 44.8. The van der Waals surface area contributed by atoms with Gasteiger partial charge in [-0.2, -0.15) is 0 Å². The van der Waals surface area contributed by atoms with Gasteiger partial charge in [0.25, 0.3) is 0 Å². The summed E-state index contributed by atoms with van der Waals surface area (Å²) in [5.41, 5.74) is 0.568. The molecule has 2 atom stereocenters. The van der Waals surface area contributed by atoms with Crippen molar-refractivity contribution in [3.8, 4) is 0 Å². The Bertz CT molecular complexity index is 526. The summed E-state index contributed by atoms with van der Waals surface area (Å²) in [6.07, 6.45) is 4.09. The van der Waals surface area contributed by atoms with Crippen molar-refractivity contribution in [2.75, 3.05) is 0 Å². The minimum atomic E-state index is -1.44. The van der Waals surface area contributed by atoms with Crippen LogP contribution in [0.15, 0.2) is 12.1 Å². The fourth-order valence-corrected chi connectivity index (χ4v) is 4.79. The SMILES string of the molecule is Fc1cc(COC2CCC3(C2)CC3(Br)Br)cc(F)c1F. The van der Waals surface area contributed by atoms with Gasteiger partial charge < -0.3 is 4.74 Å². The van der Waals surface area contributed by atoms with Crippen molar-refractivity contribution >= 4 is 31.9 Å². The quantitative estimate of drug-likeness (QED) is 0.497. The van der Waals surface area contributed by atoms with Crippen LogP contribution in [0.3, 0.4) is 0 Å². The number of alkyl halides is 2. The summed E-state index contributed by atoms with van der Waals surface area (Å²) in [6, 6.07) is 1.97. The molecule has 2 unspecified atom stereocenters. The van der Waals surface area contributed by atoms with E-state index in [1.165, 1.54) is 0 Å². The van der Waals surface area contributed by atoms with Crippen LogP contribution in [0.4, 0.5) is 13.2 Å². The minimum absolute atomic E-state index is 0.0270. The zero-order valence-electron chi connectivity index (χ0n) is 10.6. The van der Waals surface area contributed by atoms with Crippen LogP contribution in [-0.4, -0.2) is 9.34 Å². The second-order valence-electron chi connectivity index (χ2n) is 5.71. The Morgan fingerprint density at radius 3 is 2.30 bits per heavy atom. The van der Waals surface area contributed by atoms with Gasteiger partial charge >= 0.3 is 0 Å². The van der Waals surface area contributed by atoms with Gasteiger partial charge in [0.15, 0.2) is 17.5 Å². The second-order valence-corrected chi connectivity index (χ2v) is 9.48. The predicted molar refractivity (Wildman–Crippen MR) is 76.4 cm³/mol. The van der Waals surface area contributed by atoms with Crippen LogP contribution in [-0.2, 0) is 11.3 Å². The Morgan fingerprint density at radius 1 is 1.20 bits per heavy atom. The average Bonchev–Trinajstić information content (AvgIpc) is 2.71. The molecule has 0 radical (unpaired) electrons. The van der Waals surface area contributed by atoms with E-state index in [0.29, 0.717) is 5.56 Å². The highest BCUT2D eigenvalue weighted by molar-refractivity contribution is 9.25. The smallest absolute Gasteiger partial charge is 0.194 e. The van der Waals surface area contributed by atoms with Gasteiger partial charge in [0.05, 0.1) is 15.9 Å². The summed E-state index contributed by atoms with van der Waals surface area (Å²) in [6.45, 7) is 0.104. The van der Waals surface area contributed by atoms with E-state index < -0.39 is 17.5 Å². The van der Waals surface area contributed by atoms with Crippen LogP contribution >= 0.6 is 31.9 Å². The first-order valence-corrected chi connectivity index (χ1v) is 8.04. The maximum atomic E-state index is 13.1. The molecule has 6 heteroatoms. The predicted octanol–water partition coefficient (Wildman–Crippen LogP) is 5.05. The van der Waals surface area contributed by atoms with E-state index in [9.17, 15) is 13.2 Å². The van der Waals surface area contributed by atoms with E-state index >= 15 is 0 Å². The first-order chi connectivity index (χ1) is 9.33. The van der Waals surface area contributed by atoms with Crippen molar-refractivity contribution in [3.05, 3.63) is 35.1 Å². The Balaban J connectivity index is 1.59. The number of ether oxygens (including phenoxy) is 1.